The molecule has 1 atom stereocenters. The van der Waals surface area contributed by atoms with Crippen molar-refractivity contribution in [3.63, 3.8) is 0 Å². The lowest BCUT2D eigenvalue weighted by molar-refractivity contribution is -0.148. The van der Waals surface area contributed by atoms with Crippen LogP contribution in [0.15, 0.2) is 0 Å². The summed E-state index contributed by atoms with van der Waals surface area (Å²) in [4.78, 5) is 25.2. The Hall–Kier alpha value is -0.780. The number of esters is 1. The van der Waals surface area contributed by atoms with E-state index in [4.69, 9.17) is 9.47 Å². The van der Waals surface area contributed by atoms with E-state index in [9.17, 15) is 9.59 Å². The molecule has 0 aromatic heterocycles. The fourth-order valence-corrected chi connectivity index (χ4v) is 1.63. The molecule has 0 aliphatic heterocycles. The monoisotopic (exact) mass is 337 g/mol. The highest BCUT2D eigenvalue weighted by Crippen LogP contribution is 2.13. The van der Waals surface area contributed by atoms with Crippen molar-refractivity contribution in [3.8, 4) is 0 Å². The van der Waals surface area contributed by atoms with Gasteiger partial charge in [0.25, 0.3) is 0 Å². The first-order valence-electron chi connectivity index (χ1n) is 6.45. The molecule has 0 rings (SSSR count). The van der Waals surface area contributed by atoms with Crippen molar-refractivity contribution in [1.82, 2.24) is 4.90 Å². The second-order valence-electron chi connectivity index (χ2n) is 5.14. The standard InChI is InChI=1S/C13H24BrNO4/c1-6-18-11(16)10(2)15(9-7-8-14)12(17)19-13(3,4)5/h10H,6-9H2,1-5H3. The molecule has 0 bridgehead atoms. The topological polar surface area (TPSA) is 55.8 Å². The molecule has 0 saturated carbocycles. The minimum absolute atomic E-state index is 0.295. The quantitative estimate of drug-likeness (QED) is 0.552. The number of amides is 1. The summed E-state index contributed by atoms with van der Waals surface area (Å²) in [5, 5.41) is 0.752. The van der Waals surface area contributed by atoms with Gasteiger partial charge in [-0.05, 0) is 41.0 Å². The predicted molar refractivity (Wildman–Crippen MR) is 77.4 cm³/mol. The van der Waals surface area contributed by atoms with Gasteiger partial charge in [-0.25, -0.2) is 9.59 Å². The Labute approximate surface area is 123 Å². The van der Waals surface area contributed by atoms with Gasteiger partial charge in [-0.15, -0.1) is 0 Å². The molecular formula is C13H24BrNO4. The largest absolute Gasteiger partial charge is 0.464 e. The van der Waals surface area contributed by atoms with Crippen LogP contribution in [0.3, 0.4) is 0 Å². The van der Waals surface area contributed by atoms with Crippen molar-refractivity contribution in [2.24, 2.45) is 0 Å². The number of carbonyl (C=O) groups excluding carboxylic acids is 2. The van der Waals surface area contributed by atoms with Gasteiger partial charge in [0.1, 0.15) is 11.6 Å². The third-order valence-corrected chi connectivity index (χ3v) is 2.82. The zero-order valence-electron chi connectivity index (χ0n) is 12.4. The Bertz CT molecular complexity index is 302. The fourth-order valence-electron chi connectivity index (χ4n) is 1.38. The van der Waals surface area contributed by atoms with E-state index in [0.29, 0.717) is 13.2 Å². The number of nitrogens with zero attached hydrogens (tertiary/aromatic N) is 1. The lowest BCUT2D eigenvalue weighted by Crippen LogP contribution is -2.46. The van der Waals surface area contributed by atoms with Crippen LogP contribution < -0.4 is 0 Å². The van der Waals surface area contributed by atoms with Crippen LogP contribution >= 0.6 is 15.9 Å². The van der Waals surface area contributed by atoms with Crippen molar-refractivity contribution in [2.75, 3.05) is 18.5 Å². The Morgan fingerprint density at radius 3 is 2.32 bits per heavy atom. The Morgan fingerprint density at radius 2 is 1.89 bits per heavy atom. The third kappa shape index (κ3) is 7.40. The van der Waals surface area contributed by atoms with Gasteiger partial charge in [0.2, 0.25) is 0 Å². The number of hydrogen-bond acceptors (Lipinski definition) is 4. The van der Waals surface area contributed by atoms with Crippen molar-refractivity contribution in [2.45, 2.75) is 52.7 Å². The molecule has 0 aliphatic carbocycles. The van der Waals surface area contributed by atoms with Crippen molar-refractivity contribution >= 4 is 28.0 Å². The summed E-state index contributed by atoms with van der Waals surface area (Å²) in [6.07, 6.45) is 0.247. The van der Waals surface area contributed by atoms with E-state index in [1.165, 1.54) is 4.90 Å². The number of alkyl halides is 1. The molecule has 112 valence electrons. The molecule has 0 radical (unpaired) electrons. The highest BCUT2D eigenvalue weighted by molar-refractivity contribution is 9.09. The van der Waals surface area contributed by atoms with E-state index in [0.717, 1.165) is 11.8 Å². The summed E-state index contributed by atoms with van der Waals surface area (Å²) < 4.78 is 10.3. The molecule has 0 aliphatic rings. The Morgan fingerprint density at radius 1 is 1.32 bits per heavy atom. The van der Waals surface area contributed by atoms with Gasteiger partial charge >= 0.3 is 12.1 Å². The van der Waals surface area contributed by atoms with Crippen LogP contribution in [0.25, 0.3) is 0 Å². The van der Waals surface area contributed by atoms with E-state index in [2.05, 4.69) is 15.9 Å². The summed E-state index contributed by atoms with van der Waals surface area (Å²) in [5.41, 5.74) is -0.585. The van der Waals surface area contributed by atoms with Crippen LogP contribution in [-0.4, -0.2) is 47.1 Å². The summed E-state index contributed by atoms with van der Waals surface area (Å²) >= 11 is 3.31. The molecule has 0 N–H and O–H groups in total. The van der Waals surface area contributed by atoms with Gasteiger partial charge in [0.15, 0.2) is 0 Å². The van der Waals surface area contributed by atoms with Crippen LogP contribution in [-0.2, 0) is 14.3 Å². The molecule has 0 aromatic carbocycles. The van der Waals surface area contributed by atoms with E-state index in [1.807, 2.05) is 0 Å². The maximum atomic E-state index is 12.1. The predicted octanol–water partition coefficient (Wildman–Crippen LogP) is 2.96. The van der Waals surface area contributed by atoms with E-state index < -0.39 is 23.7 Å². The van der Waals surface area contributed by atoms with Crippen molar-refractivity contribution < 1.29 is 19.1 Å². The first kappa shape index (κ1) is 18.2. The van der Waals surface area contributed by atoms with E-state index in [-0.39, 0.29) is 0 Å². The van der Waals surface area contributed by atoms with Gasteiger partial charge in [-0.2, -0.15) is 0 Å². The summed E-state index contributed by atoms with van der Waals surface area (Å²) in [7, 11) is 0. The zero-order chi connectivity index (χ0) is 15.1. The number of halogens is 1. The molecule has 6 heteroatoms. The average Bonchev–Trinajstić information content (AvgIpc) is 2.27. The van der Waals surface area contributed by atoms with Gasteiger partial charge in [0.05, 0.1) is 6.61 Å². The van der Waals surface area contributed by atoms with Crippen molar-refractivity contribution in [1.29, 1.82) is 0 Å². The lowest BCUT2D eigenvalue weighted by atomic mass is 10.2. The Balaban J connectivity index is 4.78. The molecule has 0 saturated heterocycles. The van der Waals surface area contributed by atoms with Crippen LogP contribution in [0.1, 0.15) is 41.0 Å². The maximum absolute atomic E-state index is 12.1. The van der Waals surface area contributed by atoms with Gasteiger partial charge in [0, 0.05) is 11.9 Å². The first-order chi connectivity index (χ1) is 8.72. The van der Waals surface area contributed by atoms with Crippen LogP contribution in [0.2, 0.25) is 0 Å². The molecule has 0 heterocycles. The van der Waals surface area contributed by atoms with Gasteiger partial charge in [-0.1, -0.05) is 15.9 Å². The zero-order valence-corrected chi connectivity index (χ0v) is 13.9. The van der Waals surface area contributed by atoms with Crippen LogP contribution in [0.4, 0.5) is 4.79 Å². The average molecular weight is 338 g/mol. The number of carbonyl (C=O) groups is 2. The third-order valence-electron chi connectivity index (χ3n) is 2.26. The first-order valence-corrected chi connectivity index (χ1v) is 7.57. The van der Waals surface area contributed by atoms with Crippen molar-refractivity contribution in [3.05, 3.63) is 0 Å². The van der Waals surface area contributed by atoms with E-state index >= 15 is 0 Å². The molecule has 1 unspecified atom stereocenters. The SMILES string of the molecule is CCOC(=O)C(C)N(CCCBr)C(=O)OC(C)(C)C. The van der Waals surface area contributed by atoms with E-state index in [1.54, 1.807) is 34.6 Å². The van der Waals surface area contributed by atoms with Crippen LogP contribution in [0.5, 0.6) is 0 Å². The highest BCUT2D eigenvalue weighted by atomic mass is 79.9. The lowest BCUT2D eigenvalue weighted by Gasteiger charge is -2.30. The molecule has 0 aromatic rings. The Kier molecular flexibility index (Phi) is 8.06. The number of rotatable bonds is 6. The fraction of sp³-hybridized carbons (Fsp3) is 0.846. The number of ether oxygens (including phenoxy) is 2. The van der Waals surface area contributed by atoms with Gasteiger partial charge in [-0.3, -0.25) is 4.90 Å². The second kappa shape index (κ2) is 8.40. The van der Waals surface area contributed by atoms with Gasteiger partial charge < -0.3 is 9.47 Å². The minimum atomic E-state index is -0.645. The molecule has 1 amide bonds. The molecular weight excluding hydrogens is 314 g/mol. The molecule has 0 spiro atoms. The number of hydrogen-bond donors (Lipinski definition) is 0. The summed E-state index contributed by atoms with van der Waals surface area (Å²) in [6, 6.07) is -0.645. The highest BCUT2D eigenvalue weighted by Gasteiger charge is 2.30. The minimum Gasteiger partial charge on any atom is -0.464 e. The second-order valence-corrected chi connectivity index (χ2v) is 5.94. The normalized spacial score (nSPS) is 12.7. The van der Waals surface area contributed by atoms with Crippen LogP contribution in [0, 0.1) is 0 Å². The molecule has 0 fully saturated rings. The maximum Gasteiger partial charge on any atom is 0.411 e. The molecule has 5 nitrogen and oxygen atoms in total. The molecule has 19 heavy (non-hydrogen) atoms. The smallest absolute Gasteiger partial charge is 0.411 e. The summed E-state index contributed by atoms with van der Waals surface area (Å²) in [5.74, 6) is -0.414. The summed E-state index contributed by atoms with van der Waals surface area (Å²) in [6.45, 7) is 9.51.